The van der Waals surface area contributed by atoms with Gasteiger partial charge in [-0.3, -0.25) is 4.79 Å². The van der Waals surface area contributed by atoms with Crippen molar-refractivity contribution in [3.63, 3.8) is 0 Å². The lowest BCUT2D eigenvalue weighted by molar-refractivity contribution is -0.107. The maximum atomic E-state index is 12.7. The molecule has 0 aliphatic carbocycles. The van der Waals surface area contributed by atoms with Crippen LogP contribution in [0.15, 0.2) is 47.3 Å². The predicted octanol–water partition coefficient (Wildman–Crippen LogP) is 3.56. The Morgan fingerprint density at radius 1 is 1.03 bits per heavy atom. The number of fused-ring (bicyclic) bond motifs is 1. The van der Waals surface area contributed by atoms with Crippen molar-refractivity contribution in [3.8, 4) is 11.1 Å². The van der Waals surface area contributed by atoms with Gasteiger partial charge in [-0.2, -0.15) is 0 Å². The molecule has 0 radical (unpaired) electrons. The number of aryl methyl sites for hydroxylation is 2. The minimum Gasteiger partial charge on any atom is -0.400 e. The maximum absolute atomic E-state index is 12.7. The van der Waals surface area contributed by atoms with E-state index in [0.29, 0.717) is 5.39 Å². The van der Waals surface area contributed by atoms with Gasteiger partial charge in [0.1, 0.15) is 6.29 Å². The molecule has 0 bridgehead atoms. The zero-order chi connectivity index (χ0) is 22.1. The highest BCUT2D eigenvalue weighted by molar-refractivity contribution is 5.99. The Morgan fingerprint density at radius 3 is 2.17 bits per heavy atom. The molecule has 2 N–H and O–H groups in total. The van der Waals surface area contributed by atoms with Crippen molar-refractivity contribution in [2.45, 2.75) is 40.2 Å². The summed E-state index contributed by atoms with van der Waals surface area (Å²) in [6, 6.07) is 13.9. The molecule has 3 rings (SSSR count). The van der Waals surface area contributed by atoms with Gasteiger partial charge in [0.25, 0.3) is 5.56 Å². The van der Waals surface area contributed by atoms with Crippen LogP contribution < -0.4 is 5.56 Å². The first-order chi connectivity index (χ1) is 13.8. The molecule has 0 aliphatic rings. The summed E-state index contributed by atoms with van der Waals surface area (Å²) in [7, 11) is 2.74. The summed E-state index contributed by atoms with van der Waals surface area (Å²) in [5, 5.41) is 16.7. The predicted molar refractivity (Wildman–Crippen MR) is 119 cm³/mol. The van der Waals surface area contributed by atoms with Gasteiger partial charge < -0.3 is 19.6 Å². The minimum absolute atomic E-state index is 0.0609. The molecule has 0 saturated carbocycles. The smallest absolute Gasteiger partial charge is 0.258 e. The number of benzene rings is 2. The van der Waals surface area contributed by atoms with E-state index in [4.69, 9.17) is 10.2 Å². The fourth-order valence-electron chi connectivity index (χ4n) is 3.15. The molecule has 0 aliphatic heterocycles. The van der Waals surface area contributed by atoms with E-state index in [1.165, 1.54) is 0 Å². The number of aliphatic hydroxyl groups is 2. The average Bonchev–Trinajstić information content (AvgIpc) is 2.68. The number of carbonyl (C=O) groups is 1. The summed E-state index contributed by atoms with van der Waals surface area (Å²) < 4.78 is 1.60. The second kappa shape index (κ2) is 11.3. The molecule has 0 unspecified atom stereocenters. The number of hydrogen-bond donors (Lipinski definition) is 2. The molecule has 156 valence electrons. The van der Waals surface area contributed by atoms with E-state index in [2.05, 4.69) is 0 Å². The Bertz CT molecular complexity index is 1020. The van der Waals surface area contributed by atoms with Gasteiger partial charge in [0.2, 0.25) is 0 Å². The molecule has 0 saturated heterocycles. The number of aldehydes is 1. The first-order valence-electron chi connectivity index (χ1n) is 9.52. The third kappa shape index (κ3) is 5.86. The highest BCUT2D eigenvalue weighted by Crippen LogP contribution is 2.33. The van der Waals surface area contributed by atoms with Crippen molar-refractivity contribution >= 4 is 17.1 Å². The summed E-state index contributed by atoms with van der Waals surface area (Å²) in [4.78, 5) is 23.8. The van der Waals surface area contributed by atoms with Crippen LogP contribution in [0.3, 0.4) is 0 Å². The standard InChI is InChI=1S/C20H19NO2.C3H8O.CH4O/c1-13-8-9-16-17(12-13)19(15-7-5-4-6-14(15)2)18(10-11-22)21(3)20(16)23;1-3(2)4;1-2/h4-9,11-12H,10H2,1-3H3;3-4H,1-2H3;2H,1H3. The van der Waals surface area contributed by atoms with Crippen molar-refractivity contribution in [1.82, 2.24) is 4.57 Å². The van der Waals surface area contributed by atoms with Gasteiger partial charge >= 0.3 is 0 Å². The molecular weight excluding hydrogens is 366 g/mol. The lowest BCUT2D eigenvalue weighted by Crippen LogP contribution is -2.22. The molecular formula is C24H31NO4. The number of carbonyl (C=O) groups excluding carboxylic acids is 1. The molecule has 0 spiro atoms. The van der Waals surface area contributed by atoms with E-state index in [9.17, 15) is 9.59 Å². The van der Waals surface area contributed by atoms with Crippen LogP contribution in [-0.4, -0.2) is 34.3 Å². The van der Waals surface area contributed by atoms with Crippen LogP contribution in [0, 0.1) is 13.8 Å². The summed E-state index contributed by atoms with van der Waals surface area (Å²) in [5.41, 5.74) is 4.97. The van der Waals surface area contributed by atoms with Crippen molar-refractivity contribution in [2.24, 2.45) is 7.05 Å². The Labute approximate surface area is 172 Å². The van der Waals surface area contributed by atoms with Crippen LogP contribution in [-0.2, 0) is 18.3 Å². The molecule has 29 heavy (non-hydrogen) atoms. The van der Waals surface area contributed by atoms with Crippen molar-refractivity contribution in [1.29, 1.82) is 0 Å². The van der Waals surface area contributed by atoms with Gasteiger partial charge in [0.05, 0.1) is 0 Å². The zero-order valence-electron chi connectivity index (χ0n) is 18.1. The number of hydrogen-bond acceptors (Lipinski definition) is 4. The lowest BCUT2D eigenvalue weighted by atomic mass is 9.92. The van der Waals surface area contributed by atoms with Crippen LogP contribution in [0.2, 0.25) is 0 Å². The number of pyridine rings is 1. The summed E-state index contributed by atoms with van der Waals surface area (Å²) in [6.45, 7) is 7.50. The Hall–Kier alpha value is -2.76. The number of aliphatic hydroxyl groups excluding tert-OH is 2. The van der Waals surface area contributed by atoms with Gasteiger partial charge in [-0.25, -0.2) is 0 Å². The third-order valence-corrected chi connectivity index (χ3v) is 4.36. The number of aromatic nitrogens is 1. The van der Waals surface area contributed by atoms with Gasteiger partial charge in [0.15, 0.2) is 0 Å². The van der Waals surface area contributed by atoms with Gasteiger partial charge in [0, 0.05) is 43.3 Å². The van der Waals surface area contributed by atoms with Crippen molar-refractivity contribution in [2.75, 3.05) is 7.11 Å². The summed E-state index contributed by atoms with van der Waals surface area (Å²) in [5.74, 6) is 0. The highest BCUT2D eigenvalue weighted by Gasteiger charge is 2.17. The molecule has 1 aromatic heterocycles. The Morgan fingerprint density at radius 2 is 1.62 bits per heavy atom. The van der Waals surface area contributed by atoms with Crippen LogP contribution in [0.5, 0.6) is 0 Å². The average molecular weight is 398 g/mol. The number of rotatable bonds is 3. The van der Waals surface area contributed by atoms with Crippen molar-refractivity contribution in [3.05, 3.63) is 69.6 Å². The monoisotopic (exact) mass is 397 g/mol. The molecule has 3 aromatic rings. The van der Waals surface area contributed by atoms with Gasteiger partial charge in [-0.1, -0.05) is 42.0 Å². The first kappa shape index (κ1) is 24.3. The molecule has 2 aromatic carbocycles. The largest absolute Gasteiger partial charge is 0.400 e. The molecule has 0 atom stereocenters. The van der Waals surface area contributed by atoms with E-state index in [-0.39, 0.29) is 18.1 Å². The lowest BCUT2D eigenvalue weighted by Gasteiger charge is -2.18. The van der Waals surface area contributed by atoms with Gasteiger partial charge in [-0.15, -0.1) is 0 Å². The Balaban J connectivity index is 0.000000627. The normalized spacial score (nSPS) is 10.1. The molecule has 0 fully saturated rings. The molecule has 1 heterocycles. The van der Waals surface area contributed by atoms with E-state index >= 15 is 0 Å². The molecule has 0 amide bonds. The fraction of sp³-hybridized carbons (Fsp3) is 0.333. The van der Waals surface area contributed by atoms with E-state index < -0.39 is 0 Å². The van der Waals surface area contributed by atoms with Gasteiger partial charge in [-0.05, 0) is 50.3 Å². The Kier molecular flexibility index (Phi) is 9.45. The van der Waals surface area contributed by atoms with Crippen LogP contribution in [0.1, 0.15) is 30.7 Å². The maximum Gasteiger partial charge on any atom is 0.258 e. The van der Waals surface area contributed by atoms with E-state index in [1.807, 2.05) is 56.3 Å². The summed E-state index contributed by atoms with van der Waals surface area (Å²) in [6.07, 6.45) is 0.914. The third-order valence-electron chi connectivity index (χ3n) is 4.36. The zero-order valence-corrected chi connectivity index (χ0v) is 18.1. The van der Waals surface area contributed by atoms with E-state index in [1.54, 1.807) is 25.5 Å². The topological polar surface area (TPSA) is 79.5 Å². The van der Waals surface area contributed by atoms with Crippen LogP contribution >= 0.6 is 0 Å². The number of nitrogens with zero attached hydrogens (tertiary/aromatic N) is 1. The molecule has 5 nitrogen and oxygen atoms in total. The highest BCUT2D eigenvalue weighted by atomic mass is 16.3. The minimum atomic E-state index is -0.167. The van der Waals surface area contributed by atoms with Crippen LogP contribution in [0.25, 0.3) is 21.9 Å². The second-order valence-electron chi connectivity index (χ2n) is 7.01. The second-order valence-corrected chi connectivity index (χ2v) is 7.01. The van der Waals surface area contributed by atoms with Crippen LogP contribution in [0.4, 0.5) is 0 Å². The summed E-state index contributed by atoms with van der Waals surface area (Å²) >= 11 is 0. The van der Waals surface area contributed by atoms with Crippen molar-refractivity contribution < 1.29 is 15.0 Å². The molecule has 5 heteroatoms. The SMILES string of the molecule is CC(C)O.CO.Cc1ccc2c(=O)n(C)c(CC=O)c(-c3ccccc3C)c2c1. The first-order valence-corrected chi connectivity index (χ1v) is 9.52. The fourth-order valence-corrected chi connectivity index (χ4v) is 3.15. The van der Waals surface area contributed by atoms with E-state index in [0.717, 1.165) is 46.7 Å². The quantitative estimate of drug-likeness (QED) is 0.663.